The number of aliphatic carboxylic acids is 1. The fourth-order valence-electron chi connectivity index (χ4n) is 2.25. The molecule has 0 fully saturated rings. The minimum atomic E-state index is -0.937. The lowest BCUT2D eigenvalue weighted by Gasteiger charge is -2.26. The van der Waals surface area contributed by atoms with Crippen molar-refractivity contribution in [3.05, 3.63) is 48.7 Å². The molecular weight excluding hydrogens is 336 g/mol. The van der Waals surface area contributed by atoms with Crippen molar-refractivity contribution in [2.45, 2.75) is 26.3 Å². The van der Waals surface area contributed by atoms with E-state index in [-0.39, 0.29) is 31.5 Å². The lowest BCUT2D eigenvalue weighted by atomic mass is 10.2. The molecular formula is C19H22N2O5. The average molecular weight is 358 g/mol. The van der Waals surface area contributed by atoms with Crippen LogP contribution in [0.4, 0.5) is 0 Å². The van der Waals surface area contributed by atoms with Crippen molar-refractivity contribution in [2.24, 2.45) is 0 Å². The number of carbonyl (C=O) groups is 2. The third kappa shape index (κ3) is 6.08. The number of carboxylic acids is 1. The fraction of sp³-hybridized carbons (Fsp3) is 0.316. The molecule has 1 amide bonds. The standard InChI is InChI=1S/C19H22N2O5/c1-14(2)21(12-10-19(23)24)18(22)13-25-15-6-8-16(9-7-15)26-17-5-3-4-11-20-17/h3-9,11,14H,10,12-13H2,1-2H3,(H,23,24). The minimum Gasteiger partial charge on any atom is -0.484 e. The third-order valence-electron chi connectivity index (χ3n) is 3.56. The van der Waals surface area contributed by atoms with Crippen LogP contribution >= 0.6 is 0 Å². The van der Waals surface area contributed by atoms with Gasteiger partial charge in [0, 0.05) is 24.8 Å². The smallest absolute Gasteiger partial charge is 0.305 e. The van der Waals surface area contributed by atoms with Gasteiger partial charge in [-0.2, -0.15) is 0 Å². The molecule has 1 heterocycles. The van der Waals surface area contributed by atoms with Gasteiger partial charge in [-0.3, -0.25) is 9.59 Å². The summed E-state index contributed by atoms with van der Waals surface area (Å²) in [4.78, 5) is 28.5. The number of rotatable bonds is 9. The molecule has 138 valence electrons. The molecule has 7 heteroatoms. The second-order valence-corrected chi connectivity index (χ2v) is 5.85. The van der Waals surface area contributed by atoms with E-state index in [9.17, 15) is 9.59 Å². The van der Waals surface area contributed by atoms with Gasteiger partial charge in [-0.25, -0.2) is 4.98 Å². The molecule has 7 nitrogen and oxygen atoms in total. The van der Waals surface area contributed by atoms with Gasteiger partial charge in [0.1, 0.15) is 11.5 Å². The van der Waals surface area contributed by atoms with Crippen molar-refractivity contribution < 1.29 is 24.2 Å². The van der Waals surface area contributed by atoms with E-state index in [4.69, 9.17) is 14.6 Å². The van der Waals surface area contributed by atoms with Crippen LogP contribution in [0.2, 0.25) is 0 Å². The summed E-state index contributed by atoms with van der Waals surface area (Å²) in [6.45, 7) is 3.68. The number of nitrogens with zero attached hydrogens (tertiary/aromatic N) is 2. The normalized spacial score (nSPS) is 10.4. The lowest BCUT2D eigenvalue weighted by Crippen LogP contribution is -2.41. The summed E-state index contributed by atoms with van der Waals surface area (Å²) < 4.78 is 11.1. The Morgan fingerprint density at radius 1 is 1.12 bits per heavy atom. The van der Waals surface area contributed by atoms with E-state index in [1.54, 1.807) is 42.6 Å². The summed E-state index contributed by atoms with van der Waals surface area (Å²) in [6.07, 6.45) is 1.55. The fourth-order valence-corrected chi connectivity index (χ4v) is 2.25. The molecule has 26 heavy (non-hydrogen) atoms. The van der Waals surface area contributed by atoms with E-state index in [1.165, 1.54) is 4.90 Å². The third-order valence-corrected chi connectivity index (χ3v) is 3.56. The van der Waals surface area contributed by atoms with Gasteiger partial charge in [-0.05, 0) is 44.2 Å². The summed E-state index contributed by atoms with van der Waals surface area (Å²) in [5.41, 5.74) is 0. The first-order valence-corrected chi connectivity index (χ1v) is 8.28. The Balaban J connectivity index is 1.88. The Kier molecular flexibility index (Phi) is 6.96. The van der Waals surface area contributed by atoms with Crippen LogP contribution in [0, 0.1) is 0 Å². The maximum atomic E-state index is 12.3. The molecule has 0 atom stereocenters. The van der Waals surface area contributed by atoms with Crippen LogP contribution in [0.15, 0.2) is 48.7 Å². The van der Waals surface area contributed by atoms with Crippen LogP contribution in [-0.4, -0.2) is 46.1 Å². The number of amides is 1. The molecule has 2 rings (SSSR count). The van der Waals surface area contributed by atoms with Gasteiger partial charge in [0.05, 0.1) is 6.42 Å². The quantitative estimate of drug-likeness (QED) is 0.741. The van der Waals surface area contributed by atoms with Gasteiger partial charge < -0.3 is 19.5 Å². The monoisotopic (exact) mass is 358 g/mol. The molecule has 0 saturated heterocycles. The second kappa shape index (κ2) is 9.41. The molecule has 1 N–H and O–H groups in total. The highest BCUT2D eigenvalue weighted by Crippen LogP contribution is 2.22. The van der Waals surface area contributed by atoms with E-state index in [1.807, 2.05) is 19.9 Å². The number of hydrogen-bond donors (Lipinski definition) is 1. The van der Waals surface area contributed by atoms with Gasteiger partial charge in [-0.1, -0.05) is 6.07 Å². The van der Waals surface area contributed by atoms with Gasteiger partial charge in [0.15, 0.2) is 6.61 Å². The highest BCUT2D eigenvalue weighted by atomic mass is 16.5. The number of benzene rings is 1. The average Bonchev–Trinajstić information content (AvgIpc) is 2.61. The van der Waals surface area contributed by atoms with Gasteiger partial charge in [0.25, 0.3) is 5.91 Å². The molecule has 0 spiro atoms. The van der Waals surface area contributed by atoms with Crippen molar-refractivity contribution in [3.63, 3.8) is 0 Å². The van der Waals surface area contributed by atoms with E-state index in [0.29, 0.717) is 17.4 Å². The van der Waals surface area contributed by atoms with Crippen LogP contribution in [0.5, 0.6) is 17.4 Å². The summed E-state index contributed by atoms with van der Waals surface area (Å²) in [6, 6.07) is 12.1. The second-order valence-electron chi connectivity index (χ2n) is 5.85. The predicted octanol–water partition coefficient (Wildman–Crippen LogP) is 2.96. The number of hydrogen-bond acceptors (Lipinski definition) is 5. The maximum absolute atomic E-state index is 12.3. The number of aromatic nitrogens is 1. The molecule has 0 aliphatic heterocycles. The number of carbonyl (C=O) groups excluding carboxylic acids is 1. The molecule has 0 aliphatic rings. The zero-order valence-corrected chi connectivity index (χ0v) is 14.8. The Morgan fingerprint density at radius 2 is 1.81 bits per heavy atom. The van der Waals surface area contributed by atoms with Crippen LogP contribution < -0.4 is 9.47 Å². The number of carboxylic acid groups (broad SMARTS) is 1. The largest absolute Gasteiger partial charge is 0.484 e. The molecule has 2 aromatic rings. The predicted molar refractivity (Wildman–Crippen MR) is 95.3 cm³/mol. The highest BCUT2D eigenvalue weighted by molar-refractivity contribution is 5.78. The minimum absolute atomic E-state index is 0.0938. The van der Waals surface area contributed by atoms with E-state index < -0.39 is 5.97 Å². The highest BCUT2D eigenvalue weighted by Gasteiger charge is 2.18. The molecule has 0 unspecified atom stereocenters. The first-order chi connectivity index (χ1) is 12.5. The first kappa shape index (κ1) is 19.2. The maximum Gasteiger partial charge on any atom is 0.305 e. The topological polar surface area (TPSA) is 89.0 Å². The van der Waals surface area contributed by atoms with Gasteiger partial charge in [-0.15, -0.1) is 0 Å². The van der Waals surface area contributed by atoms with Crippen molar-refractivity contribution in [3.8, 4) is 17.4 Å². The SMILES string of the molecule is CC(C)N(CCC(=O)O)C(=O)COc1ccc(Oc2ccccn2)cc1. The van der Waals surface area contributed by atoms with Crippen molar-refractivity contribution in [1.29, 1.82) is 0 Å². The van der Waals surface area contributed by atoms with Crippen LogP contribution in [-0.2, 0) is 9.59 Å². The molecule has 0 saturated carbocycles. The zero-order chi connectivity index (χ0) is 18.9. The van der Waals surface area contributed by atoms with Crippen LogP contribution in [0.25, 0.3) is 0 Å². The molecule has 0 radical (unpaired) electrons. The lowest BCUT2D eigenvalue weighted by molar-refractivity contribution is -0.139. The van der Waals surface area contributed by atoms with Crippen molar-refractivity contribution in [1.82, 2.24) is 9.88 Å². The molecule has 0 aliphatic carbocycles. The number of pyridine rings is 1. The number of ether oxygens (including phenoxy) is 2. The molecule has 1 aromatic heterocycles. The van der Waals surface area contributed by atoms with Gasteiger partial charge >= 0.3 is 5.97 Å². The van der Waals surface area contributed by atoms with Crippen molar-refractivity contribution >= 4 is 11.9 Å². The van der Waals surface area contributed by atoms with E-state index >= 15 is 0 Å². The van der Waals surface area contributed by atoms with Crippen LogP contribution in [0.3, 0.4) is 0 Å². The first-order valence-electron chi connectivity index (χ1n) is 8.28. The molecule has 0 bridgehead atoms. The van der Waals surface area contributed by atoms with Gasteiger partial charge in [0.2, 0.25) is 5.88 Å². The van der Waals surface area contributed by atoms with Crippen molar-refractivity contribution in [2.75, 3.05) is 13.2 Å². The zero-order valence-electron chi connectivity index (χ0n) is 14.8. The Labute approximate surface area is 152 Å². The summed E-state index contributed by atoms with van der Waals surface area (Å²) in [7, 11) is 0. The Hall–Kier alpha value is -3.09. The van der Waals surface area contributed by atoms with E-state index in [2.05, 4.69) is 4.98 Å². The Bertz CT molecular complexity index is 716. The summed E-state index contributed by atoms with van der Waals surface area (Å²) in [5, 5.41) is 8.78. The summed E-state index contributed by atoms with van der Waals surface area (Å²) in [5.74, 6) is 0.423. The molecule has 1 aromatic carbocycles. The summed E-state index contributed by atoms with van der Waals surface area (Å²) >= 11 is 0. The van der Waals surface area contributed by atoms with Crippen LogP contribution in [0.1, 0.15) is 20.3 Å². The van der Waals surface area contributed by atoms with E-state index in [0.717, 1.165) is 0 Å². The Morgan fingerprint density at radius 3 is 2.38 bits per heavy atom.